The third-order valence-corrected chi connectivity index (χ3v) is 6.89. The Bertz CT molecular complexity index is 370. The summed E-state index contributed by atoms with van der Waals surface area (Å²) in [5.74, 6) is 2.82. The molecule has 1 atom stereocenters. The van der Waals surface area contributed by atoms with Crippen molar-refractivity contribution in [2.45, 2.75) is 84.2 Å². The van der Waals surface area contributed by atoms with Crippen molar-refractivity contribution in [1.29, 1.82) is 0 Å². The molecule has 1 saturated carbocycles. The summed E-state index contributed by atoms with van der Waals surface area (Å²) in [4.78, 5) is 5.60. The lowest BCUT2D eigenvalue weighted by molar-refractivity contribution is 0.0334. The Hall–Kier alpha value is -0.0800. The predicted octanol–water partition coefficient (Wildman–Crippen LogP) is 4.40. The first-order chi connectivity index (χ1) is 10.3. The van der Waals surface area contributed by atoms with Gasteiger partial charge in [-0.3, -0.25) is 9.80 Å². The highest BCUT2D eigenvalue weighted by Crippen LogP contribution is 2.51. The summed E-state index contributed by atoms with van der Waals surface area (Å²) < 4.78 is 0. The van der Waals surface area contributed by atoms with E-state index in [4.69, 9.17) is 0 Å². The maximum absolute atomic E-state index is 2.92. The van der Waals surface area contributed by atoms with Gasteiger partial charge in [-0.05, 0) is 96.7 Å². The third kappa shape index (κ3) is 3.53. The molecule has 2 aliphatic heterocycles. The molecule has 0 amide bonds. The fourth-order valence-electron chi connectivity index (χ4n) is 4.89. The van der Waals surface area contributed by atoms with Crippen LogP contribution < -0.4 is 0 Å². The van der Waals surface area contributed by atoms with Gasteiger partial charge in [0.1, 0.15) is 0 Å². The van der Waals surface area contributed by atoms with E-state index in [9.17, 15) is 0 Å². The number of hydrogen-bond acceptors (Lipinski definition) is 2. The molecule has 3 aliphatic rings. The first-order valence-electron chi connectivity index (χ1n) is 9.80. The molecule has 0 aromatic rings. The molecule has 128 valence electrons. The van der Waals surface area contributed by atoms with E-state index in [0.717, 1.165) is 17.8 Å². The van der Waals surface area contributed by atoms with Gasteiger partial charge in [-0.1, -0.05) is 13.8 Å². The van der Waals surface area contributed by atoms with Crippen molar-refractivity contribution >= 4 is 0 Å². The van der Waals surface area contributed by atoms with Gasteiger partial charge in [0.15, 0.2) is 0 Å². The largest absolute Gasteiger partial charge is 0.298 e. The molecule has 2 heteroatoms. The molecule has 1 spiro atoms. The van der Waals surface area contributed by atoms with Gasteiger partial charge in [-0.25, -0.2) is 0 Å². The van der Waals surface area contributed by atoms with Gasteiger partial charge in [0.05, 0.1) is 0 Å². The molecule has 0 aromatic heterocycles. The average molecular weight is 307 g/mol. The van der Waals surface area contributed by atoms with E-state index >= 15 is 0 Å². The Balaban J connectivity index is 1.51. The van der Waals surface area contributed by atoms with Crippen molar-refractivity contribution in [3.8, 4) is 0 Å². The Kier molecular flexibility index (Phi) is 4.64. The summed E-state index contributed by atoms with van der Waals surface area (Å²) in [5, 5.41) is 0. The van der Waals surface area contributed by atoms with Gasteiger partial charge < -0.3 is 0 Å². The number of rotatable bonds is 3. The zero-order chi connectivity index (χ0) is 16.0. The highest BCUT2D eigenvalue weighted by Gasteiger charge is 2.51. The molecule has 0 aromatic carbocycles. The van der Waals surface area contributed by atoms with Crippen molar-refractivity contribution in [2.75, 3.05) is 26.2 Å². The Labute approximate surface area is 138 Å². The van der Waals surface area contributed by atoms with E-state index in [1.807, 2.05) is 0 Å². The molecule has 0 N–H and O–H groups in total. The van der Waals surface area contributed by atoms with Crippen LogP contribution in [0.5, 0.6) is 0 Å². The predicted molar refractivity (Wildman–Crippen MR) is 95.2 cm³/mol. The fraction of sp³-hybridized carbons (Fsp3) is 1.00. The first kappa shape index (κ1) is 16.8. The summed E-state index contributed by atoms with van der Waals surface area (Å²) in [5.41, 5.74) is 1.01. The maximum Gasteiger partial charge on any atom is 0.0213 e. The normalized spacial score (nSPS) is 31.1. The minimum absolute atomic E-state index is 0.359. The van der Waals surface area contributed by atoms with Gasteiger partial charge in [-0.15, -0.1) is 0 Å². The van der Waals surface area contributed by atoms with Gasteiger partial charge >= 0.3 is 0 Å². The smallest absolute Gasteiger partial charge is 0.0213 e. The molecule has 2 heterocycles. The SMILES string of the molecule is CC(C)C1CCN(CC2CCN(C(C)(C)C)CC2)C2(CC2)C1. The molecule has 2 saturated heterocycles. The molecule has 22 heavy (non-hydrogen) atoms. The minimum Gasteiger partial charge on any atom is -0.298 e. The summed E-state index contributed by atoms with van der Waals surface area (Å²) >= 11 is 0. The lowest BCUT2D eigenvalue weighted by Gasteiger charge is -2.46. The van der Waals surface area contributed by atoms with Crippen LogP contribution >= 0.6 is 0 Å². The lowest BCUT2D eigenvalue weighted by Crippen LogP contribution is -2.51. The molecule has 1 aliphatic carbocycles. The van der Waals surface area contributed by atoms with Gasteiger partial charge in [-0.2, -0.15) is 0 Å². The number of piperidine rings is 2. The van der Waals surface area contributed by atoms with E-state index in [1.165, 1.54) is 64.7 Å². The van der Waals surface area contributed by atoms with Crippen LogP contribution in [0, 0.1) is 17.8 Å². The number of hydrogen-bond donors (Lipinski definition) is 0. The minimum atomic E-state index is 0.359. The lowest BCUT2D eigenvalue weighted by atomic mass is 9.81. The van der Waals surface area contributed by atoms with Crippen LogP contribution in [0.2, 0.25) is 0 Å². The van der Waals surface area contributed by atoms with Crippen LogP contribution in [0.4, 0.5) is 0 Å². The van der Waals surface area contributed by atoms with Gasteiger partial charge in [0, 0.05) is 17.6 Å². The van der Waals surface area contributed by atoms with E-state index in [0.29, 0.717) is 11.1 Å². The van der Waals surface area contributed by atoms with Gasteiger partial charge in [0.2, 0.25) is 0 Å². The van der Waals surface area contributed by atoms with E-state index < -0.39 is 0 Å². The molecular weight excluding hydrogens is 268 g/mol. The van der Waals surface area contributed by atoms with Crippen LogP contribution in [0.25, 0.3) is 0 Å². The first-order valence-corrected chi connectivity index (χ1v) is 9.80. The van der Waals surface area contributed by atoms with Crippen molar-refractivity contribution in [1.82, 2.24) is 9.80 Å². The molecular formula is C20H38N2. The summed E-state index contributed by atoms with van der Waals surface area (Å²) in [6.45, 7) is 17.3. The third-order valence-electron chi connectivity index (χ3n) is 6.89. The number of nitrogens with zero attached hydrogens (tertiary/aromatic N) is 2. The van der Waals surface area contributed by atoms with Crippen molar-refractivity contribution < 1.29 is 0 Å². The monoisotopic (exact) mass is 306 g/mol. The van der Waals surface area contributed by atoms with Crippen LogP contribution in [-0.4, -0.2) is 47.1 Å². The number of likely N-dealkylation sites (tertiary alicyclic amines) is 2. The zero-order valence-electron chi connectivity index (χ0n) is 15.7. The summed E-state index contributed by atoms with van der Waals surface area (Å²) in [6, 6.07) is 0. The second-order valence-corrected chi connectivity index (χ2v) is 9.77. The quantitative estimate of drug-likeness (QED) is 0.762. The van der Waals surface area contributed by atoms with Crippen molar-refractivity contribution in [2.24, 2.45) is 17.8 Å². The summed E-state index contributed by atoms with van der Waals surface area (Å²) in [7, 11) is 0. The van der Waals surface area contributed by atoms with Crippen molar-refractivity contribution in [3.05, 3.63) is 0 Å². The van der Waals surface area contributed by atoms with Crippen LogP contribution in [0.1, 0.15) is 73.1 Å². The Morgan fingerprint density at radius 2 is 1.64 bits per heavy atom. The van der Waals surface area contributed by atoms with E-state index in [-0.39, 0.29) is 0 Å². The Morgan fingerprint density at radius 3 is 2.14 bits per heavy atom. The average Bonchev–Trinajstić information content (AvgIpc) is 3.21. The highest BCUT2D eigenvalue weighted by molar-refractivity contribution is 5.08. The second-order valence-electron chi connectivity index (χ2n) is 9.77. The topological polar surface area (TPSA) is 6.48 Å². The molecule has 3 fully saturated rings. The van der Waals surface area contributed by atoms with Crippen LogP contribution in [0.3, 0.4) is 0 Å². The standard InChI is InChI=1S/C20H38N2/c1-16(2)18-8-13-22(20(14-18)9-10-20)15-17-6-11-21(12-7-17)19(3,4)5/h16-18H,6-15H2,1-5H3. The van der Waals surface area contributed by atoms with E-state index in [1.54, 1.807) is 0 Å². The molecule has 3 rings (SSSR count). The second kappa shape index (κ2) is 6.09. The van der Waals surface area contributed by atoms with Gasteiger partial charge in [0.25, 0.3) is 0 Å². The van der Waals surface area contributed by atoms with Crippen LogP contribution in [0.15, 0.2) is 0 Å². The molecule has 0 bridgehead atoms. The fourth-order valence-corrected chi connectivity index (χ4v) is 4.89. The Morgan fingerprint density at radius 1 is 1.00 bits per heavy atom. The van der Waals surface area contributed by atoms with Crippen LogP contribution in [-0.2, 0) is 0 Å². The molecule has 2 nitrogen and oxygen atoms in total. The highest BCUT2D eigenvalue weighted by atomic mass is 15.2. The molecule has 1 unspecified atom stereocenters. The van der Waals surface area contributed by atoms with E-state index in [2.05, 4.69) is 44.4 Å². The zero-order valence-corrected chi connectivity index (χ0v) is 15.7. The summed E-state index contributed by atoms with van der Waals surface area (Å²) in [6.07, 6.45) is 8.73. The maximum atomic E-state index is 2.92. The van der Waals surface area contributed by atoms with Crippen molar-refractivity contribution in [3.63, 3.8) is 0 Å². The molecule has 0 radical (unpaired) electrons.